The Labute approximate surface area is 126 Å². The molecule has 0 radical (unpaired) electrons. The number of pyridine rings is 1. The molecule has 0 aromatic carbocycles. The van der Waals surface area contributed by atoms with E-state index >= 15 is 0 Å². The van der Waals surface area contributed by atoms with Crippen LogP contribution in [0, 0.1) is 5.82 Å². The van der Waals surface area contributed by atoms with Gasteiger partial charge in [-0.25, -0.2) is 9.37 Å². The first-order valence-electron chi connectivity index (χ1n) is 6.57. The summed E-state index contributed by atoms with van der Waals surface area (Å²) in [5, 5.41) is 6.28. The monoisotopic (exact) mass is 315 g/mol. The number of hydrogen-bond acceptors (Lipinski definition) is 5. The molecule has 0 bridgehead atoms. The van der Waals surface area contributed by atoms with Crippen LogP contribution < -0.4 is 10.6 Å². The SMILES string of the molecule is CCNc1ncc(F)cc1C(=O)NCC1CSCCS1. The van der Waals surface area contributed by atoms with Crippen LogP contribution in [0.3, 0.4) is 0 Å². The molecule has 0 saturated carbocycles. The van der Waals surface area contributed by atoms with Crippen molar-refractivity contribution in [3.05, 3.63) is 23.6 Å². The van der Waals surface area contributed by atoms with E-state index in [2.05, 4.69) is 15.6 Å². The zero-order valence-electron chi connectivity index (χ0n) is 11.3. The number of hydrogen-bond donors (Lipinski definition) is 2. The van der Waals surface area contributed by atoms with E-state index in [9.17, 15) is 9.18 Å². The van der Waals surface area contributed by atoms with E-state index in [4.69, 9.17) is 0 Å². The minimum absolute atomic E-state index is 0.264. The number of halogens is 1. The predicted molar refractivity (Wildman–Crippen MR) is 84.3 cm³/mol. The number of anilines is 1. The lowest BCUT2D eigenvalue weighted by molar-refractivity contribution is 0.0954. The van der Waals surface area contributed by atoms with E-state index in [0.717, 1.165) is 17.7 Å². The van der Waals surface area contributed by atoms with Crippen LogP contribution in [0.15, 0.2) is 12.3 Å². The summed E-state index contributed by atoms with van der Waals surface area (Å²) in [4.78, 5) is 16.1. The largest absolute Gasteiger partial charge is 0.370 e. The summed E-state index contributed by atoms with van der Waals surface area (Å²) < 4.78 is 13.3. The Morgan fingerprint density at radius 3 is 3.10 bits per heavy atom. The number of nitrogens with one attached hydrogen (secondary N) is 2. The third kappa shape index (κ3) is 4.28. The molecule has 1 fully saturated rings. The predicted octanol–water partition coefficient (Wildman–Crippen LogP) is 2.23. The Hall–Kier alpha value is -0.950. The van der Waals surface area contributed by atoms with Crippen LogP contribution in [0.4, 0.5) is 10.2 Å². The van der Waals surface area contributed by atoms with Crippen LogP contribution in [0.1, 0.15) is 17.3 Å². The van der Waals surface area contributed by atoms with E-state index in [0.29, 0.717) is 24.2 Å². The van der Waals surface area contributed by atoms with E-state index in [-0.39, 0.29) is 11.5 Å². The lowest BCUT2D eigenvalue weighted by Gasteiger charge is -2.21. The van der Waals surface area contributed by atoms with Crippen LogP contribution in [0.2, 0.25) is 0 Å². The number of rotatable bonds is 5. The van der Waals surface area contributed by atoms with Crippen molar-refractivity contribution < 1.29 is 9.18 Å². The average molecular weight is 315 g/mol. The molecule has 110 valence electrons. The van der Waals surface area contributed by atoms with E-state index in [1.54, 1.807) is 0 Å². The Balaban J connectivity index is 1.98. The van der Waals surface area contributed by atoms with Crippen molar-refractivity contribution in [2.24, 2.45) is 0 Å². The number of amides is 1. The van der Waals surface area contributed by atoms with Crippen LogP contribution in [0.5, 0.6) is 0 Å². The van der Waals surface area contributed by atoms with E-state index in [1.807, 2.05) is 30.4 Å². The quantitative estimate of drug-likeness (QED) is 0.873. The minimum Gasteiger partial charge on any atom is -0.370 e. The normalized spacial score (nSPS) is 18.6. The van der Waals surface area contributed by atoms with Crippen LogP contribution >= 0.6 is 23.5 Å². The van der Waals surface area contributed by atoms with Gasteiger partial charge in [0.05, 0.1) is 11.8 Å². The van der Waals surface area contributed by atoms with Crippen molar-refractivity contribution in [2.75, 3.05) is 35.7 Å². The Kier molecular flexibility index (Phi) is 5.97. The van der Waals surface area contributed by atoms with Gasteiger partial charge in [-0.1, -0.05) is 0 Å². The highest BCUT2D eigenvalue weighted by molar-refractivity contribution is 8.06. The average Bonchev–Trinajstić information content (AvgIpc) is 2.48. The summed E-state index contributed by atoms with van der Waals surface area (Å²) in [6.45, 7) is 3.15. The van der Waals surface area contributed by atoms with Crippen molar-refractivity contribution in [3.8, 4) is 0 Å². The molecule has 2 rings (SSSR count). The molecule has 2 heterocycles. The van der Waals surface area contributed by atoms with Crippen molar-refractivity contribution in [1.29, 1.82) is 0 Å². The number of thioether (sulfide) groups is 2. The summed E-state index contributed by atoms with van der Waals surface area (Å²) in [6, 6.07) is 1.23. The van der Waals surface area contributed by atoms with Gasteiger partial charge in [0.2, 0.25) is 0 Å². The molecule has 2 N–H and O–H groups in total. The first-order chi connectivity index (χ1) is 9.70. The molecule has 7 heteroatoms. The summed E-state index contributed by atoms with van der Waals surface area (Å²) in [7, 11) is 0. The summed E-state index contributed by atoms with van der Waals surface area (Å²) >= 11 is 3.78. The van der Waals surface area contributed by atoms with Gasteiger partial charge in [0, 0.05) is 35.6 Å². The van der Waals surface area contributed by atoms with Crippen LogP contribution in [0.25, 0.3) is 0 Å². The molecule has 20 heavy (non-hydrogen) atoms. The molecule has 0 aliphatic carbocycles. The highest BCUT2D eigenvalue weighted by Gasteiger charge is 2.18. The minimum atomic E-state index is -0.501. The molecular formula is C13H18FN3OS2. The summed E-state index contributed by atoms with van der Waals surface area (Å²) in [6.07, 6.45) is 1.11. The van der Waals surface area contributed by atoms with Gasteiger partial charge in [0.25, 0.3) is 5.91 Å². The van der Waals surface area contributed by atoms with Gasteiger partial charge < -0.3 is 10.6 Å². The maximum absolute atomic E-state index is 13.3. The third-order valence-electron chi connectivity index (χ3n) is 2.82. The number of carbonyl (C=O) groups excluding carboxylic acids is 1. The topological polar surface area (TPSA) is 54.0 Å². The Bertz CT molecular complexity index is 467. The lowest BCUT2D eigenvalue weighted by Crippen LogP contribution is -2.34. The Morgan fingerprint density at radius 2 is 2.40 bits per heavy atom. The Morgan fingerprint density at radius 1 is 1.55 bits per heavy atom. The van der Waals surface area contributed by atoms with Gasteiger partial charge in [-0.05, 0) is 13.0 Å². The third-order valence-corrected chi connectivity index (χ3v) is 5.66. The fourth-order valence-electron chi connectivity index (χ4n) is 1.88. The zero-order chi connectivity index (χ0) is 14.4. The number of carbonyl (C=O) groups is 1. The molecule has 1 aromatic rings. The molecule has 4 nitrogen and oxygen atoms in total. The van der Waals surface area contributed by atoms with Crippen molar-refractivity contribution >= 4 is 35.2 Å². The second-order valence-corrected chi connectivity index (χ2v) is 6.92. The van der Waals surface area contributed by atoms with Crippen molar-refractivity contribution in [1.82, 2.24) is 10.3 Å². The van der Waals surface area contributed by atoms with Gasteiger partial charge in [-0.15, -0.1) is 0 Å². The fraction of sp³-hybridized carbons (Fsp3) is 0.538. The fourth-order valence-corrected chi connectivity index (χ4v) is 4.49. The lowest BCUT2D eigenvalue weighted by atomic mass is 10.2. The van der Waals surface area contributed by atoms with Crippen LogP contribution in [-0.2, 0) is 0 Å². The highest BCUT2D eigenvalue weighted by atomic mass is 32.2. The molecule has 0 spiro atoms. The molecule has 1 unspecified atom stereocenters. The standard InChI is InChI=1S/C13H18FN3OS2/c1-2-15-12-11(5-9(14)6-16-12)13(18)17-7-10-8-19-3-4-20-10/h5-6,10H,2-4,7-8H2,1H3,(H,15,16)(H,17,18). The summed E-state index contributed by atoms with van der Waals surface area (Å²) in [5.74, 6) is 3.00. The van der Waals surface area contributed by atoms with Gasteiger partial charge >= 0.3 is 0 Å². The maximum atomic E-state index is 13.3. The van der Waals surface area contributed by atoms with E-state index in [1.165, 1.54) is 11.8 Å². The van der Waals surface area contributed by atoms with Gasteiger partial charge in [0.15, 0.2) is 0 Å². The van der Waals surface area contributed by atoms with Gasteiger partial charge in [-0.2, -0.15) is 23.5 Å². The zero-order valence-corrected chi connectivity index (χ0v) is 13.0. The highest BCUT2D eigenvalue weighted by Crippen LogP contribution is 2.23. The van der Waals surface area contributed by atoms with Gasteiger partial charge in [0.1, 0.15) is 11.6 Å². The maximum Gasteiger partial charge on any atom is 0.255 e. The van der Waals surface area contributed by atoms with Gasteiger partial charge in [-0.3, -0.25) is 4.79 Å². The van der Waals surface area contributed by atoms with Crippen molar-refractivity contribution in [2.45, 2.75) is 12.2 Å². The number of aromatic nitrogens is 1. The van der Waals surface area contributed by atoms with Crippen molar-refractivity contribution in [3.63, 3.8) is 0 Å². The second-order valence-electron chi connectivity index (χ2n) is 4.36. The molecule has 1 aliphatic heterocycles. The molecule has 1 saturated heterocycles. The number of nitrogens with zero attached hydrogens (tertiary/aromatic N) is 1. The molecule has 1 amide bonds. The molecule has 1 aromatic heterocycles. The van der Waals surface area contributed by atoms with E-state index < -0.39 is 5.82 Å². The second kappa shape index (κ2) is 7.73. The molecule has 1 atom stereocenters. The smallest absolute Gasteiger partial charge is 0.255 e. The first kappa shape index (κ1) is 15.4. The molecular weight excluding hydrogens is 297 g/mol. The first-order valence-corrected chi connectivity index (χ1v) is 8.78. The molecule has 1 aliphatic rings. The summed E-state index contributed by atoms with van der Waals surface area (Å²) in [5.41, 5.74) is 0.264. The van der Waals surface area contributed by atoms with Crippen LogP contribution in [-0.4, -0.2) is 46.5 Å².